The summed E-state index contributed by atoms with van der Waals surface area (Å²) >= 11 is 0. The monoisotopic (exact) mass is 305 g/mol. The molecule has 2 unspecified atom stereocenters. The minimum atomic E-state index is -0.527. The van der Waals surface area contributed by atoms with Gasteiger partial charge in [0.1, 0.15) is 0 Å². The first-order chi connectivity index (χ1) is 10.7. The summed E-state index contributed by atoms with van der Waals surface area (Å²) in [6.07, 6.45) is 7.44. The van der Waals surface area contributed by atoms with E-state index in [0.29, 0.717) is 12.2 Å². The summed E-state index contributed by atoms with van der Waals surface area (Å²) in [5.41, 5.74) is 0. The van der Waals surface area contributed by atoms with Crippen molar-refractivity contribution >= 4 is 5.91 Å². The smallest absolute Gasteiger partial charge is 0.353 e. The quantitative estimate of drug-likeness (QED) is 0.821. The van der Waals surface area contributed by atoms with Gasteiger partial charge in [-0.25, -0.2) is 4.79 Å². The summed E-state index contributed by atoms with van der Waals surface area (Å²) in [6.45, 7) is 0.744. The molecule has 22 heavy (non-hydrogen) atoms. The predicted octanol–water partition coefficient (Wildman–Crippen LogP) is 0.792. The molecule has 0 radical (unpaired) electrons. The SMILES string of the molecule is O=C(CCCn1cccn1)NC1CCC(c2noc(=O)[nH]2)C1. The van der Waals surface area contributed by atoms with Gasteiger partial charge in [0.05, 0.1) is 0 Å². The number of nitrogens with zero attached hydrogens (tertiary/aromatic N) is 3. The Morgan fingerprint density at radius 1 is 1.50 bits per heavy atom. The molecule has 2 N–H and O–H groups in total. The molecule has 8 nitrogen and oxygen atoms in total. The summed E-state index contributed by atoms with van der Waals surface area (Å²) in [7, 11) is 0. The van der Waals surface area contributed by atoms with Crippen LogP contribution in [-0.2, 0) is 11.3 Å². The van der Waals surface area contributed by atoms with E-state index in [2.05, 4.69) is 25.1 Å². The molecule has 2 atom stereocenters. The molecule has 1 fully saturated rings. The van der Waals surface area contributed by atoms with Gasteiger partial charge in [-0.15, -0.1) is 0 Å². The molecular weight excluding hydrogens is 286 g/mol. The van der Waals surface area contributed by atoms with E-state index in [1.165, 1.54) is 0 Å². The normalized spacial score (nSPS) is 21.1. The number of rotatable bonds is 6. The molecule has 1 aliphatic rings. The molecule has 2 aromatic rings. The minimum absolute atomic E-state index is 0.0615. The van der Waals surface area contributed by atoms with Gasteiger partial charge in [0.2, 0.25) is 5.91 Å². The minimum Gasteiger partial charge on any atom is -0.353 e. The van der Waals surface area contributed by atoms with Crippen LogP contribution in [0, 0.1) is 0 Å². The first-order valence-electron chi connectivity index (χ1n) is 7.53. The number of carbonyl (C=O) groups excluding carboxylic acids is 1. The lowest BCUT2D eigenvalue weighted by Gasteiger charge is -2.12. The average molecular weight is 305 g/mol. The Morgan fingerprint density at radius 2 is 2.41 bits per heavy atom. The van der Waals surface area contributed by atoms with Gasteiger partial charge in [0.25, 0.3) is 0 Å². The van der Waals surface area contributed by atoms with Crippen LogP contribution in [0.2, 0.25) is 0 Å². The number of hydrogen-bond donors (Lipinski definition) is 2. The van der Waals surface area contributed by atoms with Gasteiger partial charge < -0.3 is 5.32 Å². The second kappa shape index (κ2) is 6.59. The lowest BCUT2D eigenvalue weighted by atomic mass is 10.1. The van der Waals surface area contributed by atoms with Crippen molar-refractivity contribution in [2.24, 2.45) is 0 Å². The Bertz CT molecular complexity index is 660. The first-order valence-corrected chi connectivity index (χ1v) is 7.53. The molecule has 0 bridgehead atoms. The zero-order chi connectivity index (χ0) is 15.4. The van der Waals surface area contributed by atoms with Gasteiger partial charge in [0.15, 0.2) is 5.82 Å². The van der Waals surface area contributed by atoms with E-state index in [-0.39, 0.29) is 17.9 Å². The largest absolute Gasteiger partial charge is 0.438 e. The first kappa shape index (κ1) is 14.6. The average Bonchev–Trinajstić information content (AvgIpc) is 3.20. The van der Waals surface area contributed by atoms with Crippen LogP contribution in [0.5, 0.6) is 0 Å². The van der Waals surface area contributed by atoms with Gasteiger partial charge in [-0.2, -0.15) is 5.10 Å². The number of amides is 1. The van der Waals surface area contributed by atoms with Crippen molar-refractivity contribution in [2.45, 2.75) is 50.6 Å². The number of nitrogens with one attached hydrogen (secondary N) is 2. The number of hydrogen-bond acceptors (Lipinski definition) is 5. The third kappa shape index (κ3) is 3.63. The molecule has 1 aliphatic carbocycles. The highest BCUT2D eigenvalue weighted by molar-refractivity contribution is 5.76. The van der Waals surface area contributed by atoms with Gasteiger partial charge in [0, 0.05) is 37.3 Å². The van der Waals surface area contributed by atoms with E-state index in [9.17, 15) is 9.59 Å². The number of H-pyrrole nitrogens is 1. The predicted molar refractivity (Wildman–Crippen MR) is 77.1 cm³/mol. The highest BCUT2D eigenvalue weighted by Gasteiger charge is 2.29. The Kier molecular flexibility index (Phi) is 4.36. The number of aromatic nitrogens is 4. The molecule has 0 aliphatic heterocycles. The van der Waals surface area contributed by atoms with Crippen molar-refractivity contribution < 1.29 is 9.32 Å². The van der Waals surface area contributed by atoms with Crippen molar-refractivity contribution in [3.63, 3.8) is 0 Å². The fraction of sp³-hybridized carbons (Fsp3) is 0.571. The summed E-state index contributed by atoms with van der Waals surface area (Å²) < 4.78 is 6.34. The summed E-state index contributed by atoms with van der Waals surface area (Å²) in [6, 6.07) is 2.01. The van der Waals surface area contributed by atoms with E-state index in [4.69, 9.17) is 0 Å². The Balaban J connectivity index is 1.40. The van der Waals surface area contributed by atoms with E-state index in [0.717, 1.165) is 32.2 Å². The van der Waals surface area contributed by atoms with Crippen LogP contribution in [0.15, 0.2) is 27.8 Å². The molecular formula is C14H19N5O3. The molecule has 1 amide bonds. The lowest BCUT2D eigenvalue weighted by molar-refractivity contribution is -0.121. The van der Waals surface area contributed by atoms with Crippen LogP contribution >= 0.6 is 0 Å². The van der Waals surface area contributed by atoms with Crippen molar-refractivity contribution in [2.75, 3.05) is 0 Å². The van der Waals surface area contributed by atoms with Gasteiger partial charge in [-0.05, 0) is 31.7 Å². The van der Waals surface area contributed by atoms with Crippen LogP contribution in [-0.4, -0.2) is 31.9 Å². The number of aryl methyl sites for hydroxylation is 1. The van der Waals surface area contributed by atoms with E-state index >= 15 is 0 Å². The second-order valence-corrected chi connectivity index (χ2v) is 5.63. The Hall–Kier alpha value is -2.38. The van der Waals surface area contributed by atoms with Gasteiger partial charge in [-0.3, -0.25) is 19.0 Å². The molecule has 8 heteroatoms. The van der Waals surface area contributed by atoms with E-state index in [1.54, 1.807) is 6.20 Å². The Labute approximate surface area is 126 Å². The highest BCUT2D eigenvalue weighted by Crippen LogP contribution is 2.32. The standard InChI is InChI=1S/C14H19N5O3/c20-12(3-1-7-19-8-2-6-15-19)16-11-5-4-10(9-11)13-17-14(21)22-18-13/h2,6,8,10-11H,1,3-5,7,9H2,(H,16,20)(H,17,18,21). The molecule has 0 aromatic carbocycles. The third-order valence-electron chi connectivity index (χ3n) is 3.99. The van der Waals surface area contributed by atoms with Crippen molar-refractivity contribution in [1.29, 1.82) is 0 Å². The maximum Gasteiger partial charge on any atom is 0.438 e. The van der Waals surface area contributed by atoms with Crippen LogP contribution in [0.1, 0.15) is 43.8 Å². The summed E-state index contributed by atoms with van der Waals surface area (Å²) in [4.78, 5) is 25.5. The van der Waals surface area contributed by atoms with Crippen molar-refractivity contribution in [3.8, 4) is 0 Å². The maximum absolute atomic E-state index is 11.9. The molecule has 0 saturated heterocycles. The van der Waals surface area contributed by atoms with E-state index in [1.807, 2.05) is 16.9 Å². The summed E-state index contributed by atoms with van der Waals surface area (Å²) in [5, 5.41) is 10.9. The zero-order valence-corrected chi connectivity index (χ0v) is 12.2. The van der Waals surface area contributed by atoms with Crippen molar-refractivity contribution in [1.82, 2.24) is 25.2 Å². The van der Waals surface area contributed by atoms with Crippen LogP contribution in [0.4, 0.5) is 0 Å². The fourth-order valence-corrected chi connectivity index (χ4v) is 2.91. The Morgan fingerprint density at radius 3 is 3.14 bits per heavy atom. The molecule has 2 heterocycles. The van der Waals surface area contributed by atoms with Crippen LogP contribution < -0.4 is 11.1 Å². The molecule has 118 valence electrons. The molecule has 0 spiro atoms. The van der Waals surface area contributed by atoms with Crippen molar-refractivity contribution in [3.05, 3.63) is 34.8 Å². The van der Waals surface area contributed by atoms with Gasteiger partial charge >= 0.3 is 5.76 Å². The lowest BCUT2D eigenvalue weighted by Crippen LogP contribution is -2.32. The molecule has 1 saturated carbocycles. The fourth-order valence-electron chi connectivity index (χ4n) is 2.91. The summed E-state index contributed by atoms with van der Waals surface area (Å²) in [5.74, 6) is 0.272. The molecule has 3 rings (SSSR count). The van der Waals surface area contributed by atoms with Crippen LogP contribution in [0.3, 0.4) is 0 Å². The van der Waals surface area contributed by atoms with Gasteiger partial charge in [-0.1, -0.05) is 5.16 Å². The third-order valence-corrected chi connectivity index (χ3v) is 3.99. The van der Waals surface area contributed by atoms with E-state index < -0.39 is 5.76 Å². The topological polar surface area (TPSA) is 106 Å². The zero-order valence-electron chi connectivity index (χ0n) is 12.2. The highest BCUT2D eigenvalue weighted by atomic mass is 16.5. The molecule has 2 aromatic heterocycles. The van der Waals surface area contributed by atoms with Crippen LogP contribution in [0.25, 0.3) is 0 Å². The maximum atomic E-state index is 11.9. The second-order valence-electron chi connectivity index (χ2n) is 5.63. The number of carbonyl (C=O) groups is 1. The number of aromatic amines is 1.